The third kappa shape index (κ3) is 1.90. The molecule has 1 aliphatic rings. The van der Waals surface area contributed by atoms with Crippen LogP contribution >= 0.6 is 11.6 Å². The van der Waals surface area contributed by atoms with Crippen molar-refractivity contribution in [3.05, 3.63) is 47.2 Å². The van der Waals surface area contributed by atoms with Crippen LogP contribution in [0.3, 0.4) is 0 Å². The Morgan fingerprint density at radius 3 is 2.80 bits per heavy atom. The van der Waals surface area contributed by atoms with E-state index in [0.717, 1.165) is 16.3 Å². The first-order valence-corrected chi connectivity index (χ1v) is 7.20. The molecule has 2 aromatic heterocycles. The second kappa shape index (κ2) is 4.32. The number of hydrogen-bond acceptors (Lipinski definition) is 2. The average molecular weight is 284 g/mol. The van der Waals surface area contributed by atoms with Gasteiger partial charge in [-0.05, 0) is 50.1 Å². The van der Waals surface area contributed by atoms with E-state index in [1.807, 2.05) is 25.3 Å². The van der Waals surface area contributed by atoms with E-state index in [2.05, 4.69) is 33.0 Å². The van der Waals surface area contributed by atoms with Crippen molar-refractivity contribution in [2.75, 3.05) is 0 Å². The summed E-state index contributed by atoms with van der Waals surface area (Å²) < 4.78 is 2.42. The first-order chi connectivity index (χ1) is 9.72. The molecule has 20 heavy (non-hydrogen) atoms. The van der Waals surface area contributed by atoms with Gasteiger partial charge in [0, 0.05) is 27.5 Å². The number of hydrogen-bond donors (Lipinski definition) is 0. The molecule has 1 aromatic carbocycles. The number of halogens is 1. The Kier molecular flexibility index (Phi) is 2.57. The molecule has 0 radical (unpaired) electrons. The summed E-state index contributed by atoms with van der Waals surface area (Å²) in [6, 6.07) is 11.0. The Labute approximate surface area is 122 Å². The van der Waals surface area contributed by atoms with Gasteiger partial charge in [-0.25, -0.2) is 0 Å². The van der Waals surface area contributed by atoms with Crippen molar-refractivity contribution < 1.29 is 0 Å². The highest BCUT2D eigenvalue weighted by Crippen LogP contribution is 2.42. The van der Waals surface area contributed by atoms with Crippen LogP contribution < -0.4 is 0 Å². The third-order valence-corrected chi connectivity index (χ3v) is 4.02. The quantitative estimate of drug-likeness (QED) is 0.698. The van der Waals surface area contributed by atoms with Gasteiger partial charge in [0.25, 0.3) is 0 Å². The van der Waals surface area contributed by atoms with E-state index in [1.54, 1.807) is 0 Å². The van der Waals surface area contributed by atoms with Crippen LogP contribution in [-0.2, 0) is 0 Å². The lowest BCUT2D eigenvalue weighted by atomic mass is 10.2. The Hall–Kier alpha value is -1.87. The summed E-state index contributed by atoms with van der Waals surface area (Å²) in [5.41, 5.74) is 4.52. The molecule has 4 heteroatoms. The van der Waals surface area contributed by atoms with Crippen molar-refractivity contribution in [1.82, 2.24) is 14.8 Å². The first-order valence-electron chi connectivity index (χ1n) is 6.82. The maximum absolute atomic E-state index is 6.12. The van der Waals surface area contributed by atoms with Gasteiger partial charge in [-0.2, -0.15) is 10.2 Å². The fourth-order valence-electron chi connectivity index (χ4n) is 2.77. The number of nitrogens with zero attached hydrogens (tertiary/aromatic N) is 3. The van der Waals surface area contributed by atoms with Gasteiger partial charge >= 0.3 is 0 Å². The molecule has 2 heterocycles. The van der Waals surface area contributed by atoms with Crippen LogP contribution in [0.5, 0.6) is 0 Å². The molecule has 1 saturated carbocycles. The molecule has 1 aliphatic carbocycles. The van der Waals surface area contributed by atoms with Crippen LogP contribution in [0.15, 0.2) is 36.5 Å². The van der Waals surface area contributed by atoms with Crippen molar-refractivity contribution in [2.45, 2.75) is 25.8 Å². The summed E-state index contributed by atoms with van der Waals surface area (Å²) in [4.78, 5) is 0. The summed E-state index contributed by atoms with van der Waals surface area (Å²) in [5.74, 6) is 0. The van der Waals surface area contributed by atoms with Crippen molar-refractivity contribution in [3.8, 4) is 11.3 Å². The van der Waals surface area contributed by atoms with Crippen molar-refractivity contribution in [2.24, 2.45) is 0 Å². The van der Waals surface area contributed by atoms with E-state index in [9.17, 15) is 0 Å². The van der Waals surface area contributed by atoms with Crippen LogP contribution in [0, 0.1) is 6.92 Å². The van der Waals surface area contributed by atoms with Crippen LogP contribution in [0.4, 0.5) is 0 Å². The van der Waals surface area contributed by atoms with Crippen LogP contribution in [0.1, 0.15) is 24.6 Å². The van der Waals surface area contributed by atoms with Crippen molar-refractivity contribution >= 4 is 22.5 Å². The fraction of sp³-hybridized carbons (Fsp3) is 0.250. The summed E-state index contributed by atoms with van der Waals surface area (Å²) >= 11 is 6.12. The normalized spacial score (nSPS) is 14.9. The van der Waals surface area contributed by atoms with Crippen LogP contribution in [-0.4, -0.2) is 14.8 Å². The lowest BCUT2D eigenvalue weighted by molar-refractivity contribution is 0.782. The van der Waals surface area contributed by atoms with E-state index >= 15 is 0 Å². The minimum absolute atomic E-state index is 0.608. The van der Waals surface area contributed by atoms with E-state index in [1.165, 1.54) is 29.4 Å². The molecule has 3 nitrogen and oxygen atoms in total. The molecule has 0 unspecified atom stereocenters. The van der Waals surface area contributed by atoms with Gasteiger partial charge in [0.15, 0.2) is 0 Å². The zero-order chi connectivity index (χ0) is 13.7. The van der Waals surface area contributed by atoms with Crippen molar-refractivity contribution in [3.63, 3.8) is 0 Å². The smallest absolute Gasteiger partial charge is 0.0606 e. The molecular weight excluding hydrogens is 270 g/mol. The monoisotopic (exact) mass is 283 g/mol. The standard InChI is InChI=1S/C16H14ClN3/c1-10-6-12(9-18-19-10)16-8-11-7-13(17)2-5-15(11)20(16)14-3-4-14/h2,5-9,14H,3-4H2,1H3. The molecule has 0 atom stereocenters. The van der Waals surface area contributed by atoms with E-state index in [4.69, 9.17) is 11.6 Å². The molecule has 0 saturated heterocycles. The van der Waals surface area contributed by atoms with Gasteiger partial charge in [0.1, 0.15) is 0 Å². The van der Waals surface area contributed by atoms with Gasteiger partial charge in [-0.15, -0.1) is 0 Å². The highest BCUT2D eigenvalue weighted by Gasteiger charge is 2.27. The van der Waals surface area contributed by atoms with Crippen LogP contribution in [0.2, 0.25) is 5.02 Å². The van der Waals surface area contributed by atoms with Gasteiger partial charge in [-0.1, -0.05) is 11.6 Å². The maximum Gasteiger partial charge on any atom is 0.0606 e. The van der Waals surface area contributed by atoms with Gasteiger partial charge < -0.3 is 4.57 Å². The predicted octanol–water partition coefficient (Wildman–Crippen LogP) is 4.40. The Morgan fingerprint density at radius 1 is 1.20 bits per heavy atom. The summed E-state index contributed by atoms with van der Waals surface area (Å²) in [5, 5.41) is 10.1. The third-order valence-electron chi connectivity index (χ3n) is 3.79. The second-order valence-electron chi connectivity index (χ2n) is 5.42. The van der Waals surface area contributed by atoms with Gasteiger partial charge in [-0.3, -0.25) is 0 Å². The van der Waals surface area contributed by atoms with E-state index in [-0.39, 0.29) is 0 Å². The molecule has 1 fully saturated rings. The SMILES string of the molecule is Cc1cc(-c2cc3cc(Cl)ccc3n2C2CC2)cnn1. The zero-order valence-corrected chi connectivity index (χ0v) is 11.9. The Balaban J connectivity index is 2.00. The Morgan fingerprint density at radius 2 is 2.05 bits per heavy atom. The zero-order valence-electron chi connectivity index (χ0n) is 11.2. The summed E-state index contributed by atoms with van der Waals surface area (Å²) in [7, 11) is 0. The molecule has 3 aromatic rings. The number of benzene rings is 1. The molecule has 0 spiro atoms. The minimum atomic E-state index is 0.608. The topological polar surface area (TPSA) is 30.7 Å². The molecule has 0 amide bonds. The van der Waals surface area contributed by atoms with Gasteiger partial charge in [0.2, 0.25) is 0 Å². The highest BCUT2D eigenvalue weighted by molar-refractivity contribution is 6.31. The average Bonchev–Trinajstić information content (AvgIpc) is 3.19. The van der Waals surface area contributed by atoms with Crippen LogP contribution in [0.25, 0.3) is 22.2 Å². The first kappa shape index (κ1) is 11.9. The summed E-state index contributed by atoms with van der Waals surface area (Å²) in [6.45, 7) is 1.97. The fourth-order valence-corrected chi connectivity index (χ4v) is 2.95. The van der Waals surface area contributed by atoms with E-state index < -0.39 is 0 Å². The predicted molar refractivity (Wildman–Crippen MR) is 81.0 cm³/mol. The minimum Gasteiger partial charge on any atom is -0.337 e. The Bertz CT molecular complexity index is 803. The number of rotatable bonds is 2. The summed E-state index contributed by atoms with van der Waals surface area (Å²) in [6.07, 6.45) is 4.33. The molecule has 100 valence electrons. The number of aryl methyl sites for hydroxylation is 1. The number of aromatic nitrogens is 3. The largest absolute Gasteiger partial charge is 0.337 e. The maximum atomic E-state index is 6.12. The molecular formula is C16H14ClN3. The lowest BCUT2D eigenvalue weighted by Crippen LogP contribution is -1.97. The van der Waals surface area contributed by atoms with E-state index in [0.29, 0.717) is 6.04 Å². The molecule has 4 rings (SSSR count). The molecule has 0 N–H and O–H groups in total. The van der Waals surface area contributed by atoms with Crippen molar-refractivity contribution in [1.29, 1.82) is 0 Å². The molecule has 0 bridgehead atoms. The van der Waals surface area contributed by atoms with Gasteiger partial charge in [0.05, 0.1) is 17.6 Å². The molecule has 0 aliphatic heterocycles. The second-order valence-corrected chi connectivity index (χ2v) is 5.86. The lowest BCUT2D eigenvalue weighted by Gasteiger charge is -2.09. The number of fused-ring (bicyclic) bond motifs is 1. The highest BCUT2D eigenvalue weighted by atomic mass is 35.5.